The van der Waals surface area contributed by atoms with Crippen LogP contribution in [0.25, 0.3) is 16.6 Å². The summed E-state index contributed by atoms with van der Waals surface area (Å²) in [6.07, 6.45) is 1.99. The summed E-state index contributed by atoms with van der Waals surface area (Å²) in [6, 6.07) is 12.3. The van der Waals surface area contributed by atoms with E-state index in [1.165, 1.54) is 0 Å². The van der Waals surface area contributed by atoms with E-state index in [1.54, 1.807) is 0 Å². The molecule has 0 aliphatic rings. The highest BCUT2D eigenvalue weighted by molar-refractivity contribution is 5.87. The summed E-state index contributed by atoms with van der Waals surface area (Å²) in [5.74, 6) is 0. The second-order valence-electron chi connectivity index (χ2n) is 4.83. The van der Waals surface area contributed by atoms with E-state index in [9.17, 15) is 0 Å². The van der Waals surface area contributed by atoms with Gasteiger partial charge in [-0.3, -0.25) is 4.98 Å². The van der Waals surface area contributed by atoms with E-state index in [4.69, 9.17) is 4.98 Å². The van der Waals surface area contributed by atoms with Gasteiger partial charge >= 0.3 is 0 Å². The zero-order chi connectivity index (χ0) is 13.9. The van der Waals surface area contributed by atoms with Crippen molar-refractivity contribution in [2.75, 3.05) is 6.54 Å². The lowest BCUT2D eigenvalue weighted by atomic mass is 10.1. The van der Waals surface area contributed by atoms with Gasteiger partial charge in [-0.15, -0.1) is 0 Å². The minimum atomic E-state index is 0.772. The van der Waals surface area contributed by atoms with E-state index < -0.39 is 0 Å². The van der Waals surface area contributed by atoms with Crippen molar-refractivity contribution in [3.05, 3.63) is 54.0 Å². The fourth-order valence-corrected chi connectivity index (χ4v) is 2.29. The number of benzene rings is 1. The number of para-hydroxylation sites is 1. The quantitative estimate of drug-likeness (QED) is 0.789. The van der Waals surface area contributed by atoms with Crippen LogP contribution in [0.3, 0.4) is 0 Å². The lowest BCUT2D eigenvalue weighted by molar-refractivity contribution is 0.711. The van der Waals surface area contributed by atoms with Crippen molar-refractivity contribution in [2.24, 2.45) is 0 Å². The summed E-state index contributed by atoms with van der Waals surface area (Å²) >= 11 is 0. The van der Waals surface area contributed by atoms with Crippen LogP contribution < -0.4 is 5.32 Å². The van der Waals surface area contributed by atoms with Crippen molar-refractivity contribution >= 4 is 10.9 Å². The van der Waals surface area contributed by atoms with Gasteiger partial charge in [0.25, 0.3) is 0 Å². The number of nitrogens with one attached hydrogen (secondary N) is 1. The summed E-state index contributed by atoms with van der Waals surface area (Å²) in [5, 5.41) is 8.96. The molecule has 3 rings (SSSR count). The fourth-order valence-electron chi connectivity index (χ4n) is 2.29. The van der Waals surface area contributed by atoms with E-state index in [0.717, 1.165) is 41.1 Å². The fraction of sp³-hybridized carbons (Fsp3) is 0.250. The summed E-state index contributed by atoms with van der Waals surface area (Å²) < 4.78 is 1.93. The summed E-state index contributed by atoms with van der Waals surface area (Å²) in [5.41, 5.74) is 4.13. The Morgan fingerprint density at radius 1 is 1.20 bits per heavy atom. The molecule has 2 aromatic heterocycles. The Labute approximate surface area is 118 Å². The lowest BCUT2D eigenvalue weighted by Crippen LogP contribution is -2.13. The maximum Gasteiger partial charge on any atom is 0.0758 e. The molecule has 0 saturated heterocycles. The van der Waals surface area contributed by atoms with Crippen LogP contribution in [0.15, 0.2) is 42.6 Å². The Morgan fingerprint density at radius 3 is 2.80 bits per heavy atom. The third-order valence-corrected chi connectivity index (χ3v) is 3.27. The minimum Gasteiger partial charge on any atom is -0.311 e. The van der Waals surface area contributed by atoms with Crippen LogP contribution in [0, 0.1) is 6.92 Å². The molecule has 0 spiro atoms. The SMILES string of the molecule is CCNCc1cc(-n2ccc(C)n2)c2ccccc2n1. The predicted octanol–water partition coefficient (Wildman–Crippen LogP) is 2.84. The van der Waals surface area contributed by atoms with Gasteiger partial charge in [0.05, 0.1) is 22.6 Å². The maximum atomic E-state index is 4.70. The Bertz CT molecular complexity index is 730. The minimum absolute atomic E-state index is 0.772. The van der Waals surface area contributed by atoms with Crippen LogP contribution in [0.5, 0.6) is 0 Å². The number of pyridine rings is 1. The first kappa shape index (κ1) is 12.8. The number of nitrogens with zero attached hydrogens (tertiary/aromatic N) is 3. The summed E-state index contributed by atoms with van der Waals surface area (Å²) in [7, 11) is 0. The molecular weight excluding hydrogens is 248 g/mol. The van der Waals surface area contributed by atoms with Gasteiger partial charge in [-0.25, -0.2) is 4.68 Å². The second-order valence-corrected chi connectivity index (χ2v) is 4.83. The van der Waals surface area contributed by atoms with Crippen LogP contribution in [-0.2, 0) is 6.54 Å². The van der Waals surface area contributed by atoms with Gasteiger partial charge in [-0.2, -0.15) is 5.10 Å². The number of rotatable bonds is 4. The molecule has 0 atom stereocenters. The highest BCUT2D eigenvalue weighted by atomic mass is 15.3. The van der Waals surface area contributed by atoms with E-state index in [1.807, 2.05) is 42.1 Å². The van der Waals surface area contributed by atoms with Crippen LogP contribution in [0.1, 0.15) is 18.3 Å². The van der Waals surface area contributed by atoms with Crippen molar-refractivity contribution in [2.45, 2.75) is 20.4 Å². The van der Waals surface area contributed by atoms with Crippen molar-refractivity contribution in [3.63, 3.8) is 0 Å². The smallest absolute Gasteiger partial charge is 0.0758 e. The van der Waals surface area contributed by atoms with Gasteiger partial charge in [0, 0.05) is 18.1 Å². The molecule has 102 valence electrons. The number of fused-ring (bicyclic) bond motifs is 1. The molecule has 0 radical (unpaired) electrons. The number of hydrogen-bond donors (Lipinski definition) is 1. The lowest BCUT2D eigenvalue weighted by Gasteiger charge is -2.10. The Balaban J connectivity index is 2.17. The van der Waals surface area contributed by atoms with Gasteiger partial charge < -0.3 is 5.32 Å². The first-order chi connectivity index (χ1) is 9.78. The topological polar surface area (TPSA) is 42.7 Å². The highest BCUT2D eigenvalue weighted by Crippen LogP contribution is 2.21. The molecule has 0 saturated carbocycles. The van der Waals surface area contributed by atoms with Crippen LogP contribution in [0.2, 0.25) is 0 Å². The molecule has 1 N–H and O–H groups in total. The van der Waals surface area contributed by atoms with E-state index >= 15 is 0 Å². The monoisotopic (exact) mass is 266 g/mol. The first-order valence-corrected chi connectivity index (χ1v) is 6.90. The van der Waals surface area contributed by atoms with Gasteiger partial charge in [-0.1, -0.05) is 25.1 Å². The van der Waals surface area contributed by atoms with Gasteiger partial charge in [0.15, 0.2) is 0 Å². The van der Waals surface area contributed by atoms with Crippen LogP contribution >= 0.6 is 0 Å². The third-order valence-electron chi connectivity index (χ3n) is 3.27. The molecule has 2 heterocycles. The van der Waals surface area contributed by atoms with Gasteiger partial charge in [0.2, 0.25) is 0 Å². The van der Waals surface area contributed by atoms with Crippen molar-refractivity contribution in [3.8, 4) is 5.69 Å². The number of aromatic nitrogens is 3. The number of hydrogen-bond acceptors (Lipinski definition) is 3. The third kappa shape index (κ3) is 2.42. The Morgan fingerprint density at radius 2 is 2.05 bits per heavy atom. The van der Waals surface area contributed by atoms with Gasteiger partial charge in [0.1, 0.15) is 0 Å². The van der Waals surface area contributed by atoms with Crippen molar-refractivity contribution < 1.29 is 0 Å². The molecular formula is C16H18N4. The normalized spacial score (nSPS) is 11.1. The zero-order valence-electron chi connectivity index (χ0n) is 11.8. The predicted molar refractivity (Wildman–Crippen MR) is 81.0 cm³/mol. The van der Waals surface area contributed by atoms with E-state index in [2.05, 4.69) is 29.5 Å². The van der Waals surface area contributed by atoms with Crippen molar-refractivity contribution in [1.82, 2.24) is 20.1 Å². The average molecular weight is 266 g/mol. The van der Waals surface area contributed by atoms with Gasteiger partial charge in [-0.05, 0) is 31.7 Å². The molecule has 4 nitrogen and oxygen atoms in total. The van der Waals surface area contributed by atoms with Crippen LogP contribution in [0.4, 0.5) is 0 Å². The molecule has 0 aliphatic carbocycles. The van der Waals surface area contributed by atoms with Crippen LogP contribution in [-0.4, -0.2) is 21.3 Å². The molecule has 4 heteroatoms. The molecule has 3 aromatic rings. The maximum absolute atomic E-state index is 4.70. The van der Waals surface area contributed by atoms with Crippen molar-refractivity contribution in [1.29, 1.82) is 0 Å². The largest absolute Gasteiger partial charge is 0.311 e. The van der Waals surface area contributed by atoms with E-state index in [-0.39, 0.29) is 0 Å². The average Bonchev–Trinajstić information content (AvgIpc) is 2.90. The first-order valence-electron chi connectivity index (χ1n) is 6.90. The zero-order valence-corrected chi connectivity index (χ0v) is 11.8. The second kappa shape index (κ2) is 5.43. The Kier molecular flexibility index (Phi) is 3.48. The summed E-state index contributed by atoms with van der Waals surface area (Å²) in [4.78, 5) is 4.70. The Hall–Kier alpha value is -2.20. The van der Waals surface area contributed by atoms with E-state index in [0.29, 0.717) is 0 Å². The highest BCUT2D eigenvalue weighted by Gasteiger charge is 2.08. The molecule has 0 bridgehead atoms. The molecule has 20 heavy (non-hydrogen) atoms. The molecule has 0 unspecified atom stereocenters. The standard InChI is InChI=1S/C16H18N4/c1-3-17-11-13-10-16(20-9-8-12(2)19-20)14-6-4-5-7-15(14)18-13/h4-10,17H,3,11H2,1-2H3. The molecule has 0 aliphatic heterocycles. The molecule has 1 aromatic carbocycles. The summed E-state index contributed by atoms with van der Waals surface area (Å²) in [6.45, 7) is 5.80. The molecule has 0 amide bonds. The number of aryl methyl sites for hydroxylation is 1. The molecule has 0 fully saturated rings.